The topological polar surface area (TPSA) is 58.9 Å². The number of rotatable bonds is 22. The summed E-state index contributed by atoms with van der Waals surface area (Å²) in [7, 11) is 0. The second-order valence-electron chi connectivity index (χ2n) is 13.1. The summed E-state index contributed by atoms with van der Waals surface area (Å²) in [6.45, 7) is 5.56. The molecule has 0 heterocycles. The minimum Gasteiger partial charge on any atom is -0.252 e. The first kappa shape index (κ1) is 35.5. The van der Waals surface area contributed by atoms with Crippen molar-refractivity contribution in [1.29, 1.82) is 0 Å². The van der Waals surface area contributed by atoms with Gasteiger partial charge in [-0.05, 0) is 68.6 Å². The standard InChI is InChI=1S/C36H66O4/c1-3-5-7-15-21-31-26-27-32(22-16-11-9-10-14-20-28-39-37)36(35(31)25-19-8-6-4-2)29-33-23-17-12-13-18-24-34(33)30-40-38/h26-27,29,31-32,34-38H,3-25,28,30H2,1-2H3/b33-29-/t31?,32-,34?,35?,36?/m1/s1. The lowest BCUT2D eigenvalue weighted by molar-refractivity contribution is -0.249. The molecule has 2 aliphatic rings. The molecule has 0 spiro atoms. The molecule has 4 heteroatoms. The van der Waals surface area contributed by atoms with E-state index in [1.54, 1.807) is 5.57 Å². The van der Waals surface area contributed by atoms with Crippen LogP contribution in [0.1, 0.15) is 162 Å². The third-order valence-corrected chi connectivity index (χ3v) is 9.92. The van der Waals surface area contributed by atoms with Crippen LogP contribution in [0.5, 0.6) is 0 Å². The fourth-order valence-corrected chi connectivity index (χ4v) is 7.49. The summed E-state index contributed by atoms with van der Waals surface area (Å²) in [6, 6.07) is 0. The van der Waals surface area contributed by atoms with Gasteiger partial charge in [0.1, 0.15) is 0 Å². The van der Waals surface area contributed by atoms with Crippen molar-refractivity contribution in [1.82, 2.24) is 0 Å². The summed E-state index contributed by atoms with van der Waals surface area (Å²) in [6.07, 6.45) is 37.6. The Kier molecular flexibility index (Phi) is 21.2. The molecule has 2 N–H and O–H groups in total. The van der Waals surface area contributed by atoms with Crippen LogP contribution in [0, 0.1) is 29.6 Å². The normalized spacial score (nSPS) is 26.7. The maximum Gasteiger partial charge on any atom is 0.0884 e. The highest BCUT2D eigenvalue weighted by molar-refractivity contribution is 5.17. The zero-order chi connectivity index (χ0) is 28.7. The Labute approximate surface area is 248 Å². The average molecular weight is 563 g/mol. The SMILES string of the molecule is CCCCCCC1C=C[C@@H](CCCCCCCCOO)C(/C=C2/CCCCCCC2COO)C1CCCCCC. The summed E-state index contributed by atoms with van der Waals surface area (Å²) < 4.78 is 0. The van der Waals surface area contributed by atoms with Crippen LogP contribution >= 0.6 is 0 Å². The Morgan fingerprint density at radius 1 is 0.675 bits per heavy atom. The lowest BCUT2D eigenvalue weighted by Crippen LogP contribution is -2.31. The monoisotopic (exact) mass is 562 g/mol. The van der Waals surface area contributed by atoms with Gasteiger partial charge >= 0.3 is 0 Å². The van der Waals surface area contributed by atoms with Crippen LogP contribution < -0.4 is 0 Å². The Balaban J connectivity index is 2.20. The van der Waals surface area contributed by atoms with Crippen LogP contribution in [0.4, 0.5) is 0 Å². The van der Waals surface area contributed by atoms with Gasteiger partial charge in [-0.2, -0.15) is 0 Å². The van der Waals surface area contributed by atoms with Crippen LogP contribution in [0.15, 0.2) is 23.8 Å². The Morgan fingerprint density at radius 2 is 1.27 bits per heavy atom. The number of allylic oxidation sites excluding steroid dienone is 3. The van der Waals surface area contributed by atoms with Gasteiger partial charge in [-0.15, -0.1) is 0 Å². The quantitative estimate of drug-likeness (QED) is 0.0596. The highest BCUT2D eigenvalue weighted by Crippen LogP contribution is 2.44. The van der Waals surface area contributed by atoms with Gasteiger partial charge in [0.2, 0.25) is 0 Å². The van der Waals surface area contributed by atoms with Gasteiger partial charge in [-0.3, -0.25) is 10.5 Å². The first-order chi connectivity index (χ1) is 19.7. The van der Waals surface area contributed by atoms with E-state index in [0.717, 1.165) is 25.2 Å². The van der Waals surface area contributed by atoms with Gasteiger partial charge in [-0.1, -0.05) is 140 Å². The van der Waals surface area contributed by atoms with Crippen molar-refractivity contribution in [2.75, 3.05) is 13.2 Å². The molecule has 4 unspecified atom stereocenters. The molecule has 40 heavy (non-hydrogen) atoms. The van der Waals surface area contributed by atoms with Crippen molar-refractivity contribution < 1.29 is 20.3 Å². The summed E-state index contributed by atoms with van der Waals surface area (Å²) in [5.41, 5.74) is 1.59. The van der Waals surface area contributed by atoms with Gasteiger partial charge in [-0.25, -0.2) is 9.78 Å². The molecule has 0 amide bonds. The van der Waals surface area contributed by atoms with Crippen molar-refractivity contribution in [3.05, 3.63) is 23.8 Å². The Hall–Kier alpha value is -0.680. The van der Waals surface area contributed by atoms with E-state index < -0.39 is 0 Å². The van der Waals surface area contributed by atoms with E-state index >= 15 is 0 Å². The third-order valence-electron chi connectivity index (χ3n) is 9.92. The molecule has 0 saturated heterocycles. The predicted octanol–water partition coefficient (Wildman–Crippen LogP) is 11.6. The molecule has 1 fully saturated rings. The molecule has 234 valence electrons. The van der Waals surface area contributed by atoms with Gasteiger partial charge in [0.05, 0.1) is 13.2 Å². The van der Waals surface area contributed by atoms with Crippen molar-refractivity contribution in [2.45, 2.75) is 162 Å². The largest absolute Gasteiger partial charge is 0.252 e. The lowest BCUT2D eigenvalue weighted by atomic mass is 9.65. The predicted molar refractivity (Wildman–Crippen MR) is 169 cm³/mol. The third kappa shape index (κ3) is 14.5. The number of hydrogen-bond donors (Lipinski definition) is 2. The van der Waals surface area contributed by atoms with E-state index in [1.807, 2.05) is 0 Å². The van der Waals surface area contributed by atoms with E-state index in [4.69, 9.17) is 10.1 Å². The van der Waals surface area contributed by atoms with Crippen molar-refractivity contribution in [3.63, 3.8) is 0 Å². The number of hydrogen-bond acceptors (Lipinski definition) is 4. The Morgan fingerprint density at radius 3 is 1.98 bits per heavy atom. The summed E-state index contributed by atoms with van der Waals surface area (Å²) in [5.74, 6) is 3.11. The van der Waals surface area contributed by atoms with E-state index in [-0.39, 0.29) is 0 Å². The molecule has 0 aromatic rings. The molecule has 0 radical (unpaired) electrons. The van der Waals surface area contributed by atoms with Crippen LogP contribution in [0.2, 0.25) is 0 Å². The van der Waals surface area contributed by atoms with Crippen molar-refractivity contribution in [3.8, 4) is 0 Å². The minimum atomic E-state index is 0.378. The van der Waals surface area contributed by atoms with Crippen LogP contribution in [0.25, 0.3) is 0 Å². The van der Waals surface area contributed by atoms with Gasteiger partial charge in [0.15, 0.2) is 0 Å². The van der Waals surface area contributed by atoms with E-state index in [2.05, 4.69) is 37.0 Å². The number of unbranched alkanes of at least 4 members (excludes halogenated alkanes) is 11. The second-order valence-corrected chi connectivity index (χ2v) is 13.1. The first-order valence-corrected chi connectivity index (χ1v) is 17.7. The molecule has 4 nitrogen and oxygen atoms in total. The highest BCUT2D eigenvalue weighted by atomic mass is 17.1. The molecule has 0 bridgehead atoms. The van der Waals surface area contributed by atoms with Crippen molar-refractivity contribution in [2.24, 2.45) is 29.6 Å². The van der Waals surface area contributed by atoms with Gasteiger partial charge in [0, 0.05) is 5.92 Å². The molecule has 5 atom stereocenters. The van der Waals surface area contributed by atoms with Crippen LogP contribution in [-0.4, -0.2) is 23.7 Å². The zero-order valence-electron chi connectivity index (χ0n) is 26.5. The molecular formula is C36H66O4. The maximum atomic E-state index is 9.43. The lowest BCUT2D eigenvalue weighted by Gasteiger charge is -2.40. The minimum absolute atomic E-state index is 0.378. The van der Waals surface area contributed by atoms with E-state index in [1.165, 1.54) is 128 Å². The van der Waals surface area contributed by atoms with Gasteiger partial charge < -0.3 is 0 Å². The fraction of sp³-hybridized carbons (Fsp3) is 0.889. The van der Waals surface area contributed by atoms with E-state index in [9.17, 15) is 5.26 Å². The smallest absolute Gasteiger partial charge is 0.0884 e. The Bertz CT molecular complexity index is 645. The molecule has 2 rings (SSSR count). The molecule has 0 aliphatic heterocycles. The molecule has 1 saturated carbocycles. The van der Waals surface area contributed by atoms with E-state index in [0.29, 0.717) is 36.9 Å². The van der Waals surface area contributed by atoms with Crippen LogP contribution in [0.3, 0.4) is 0 Å². The second kappa shape index (κ2) is 23.8. The summed E-state index contributed by atoms with van der Waals surface area (Å²) in [4.78, 5) is 9.01. The fourth-order valence-electron chi connectivity index (χ4n) is 7.49. The molecule has 0 aromatic carbocycles. The average Bonchev–Trinajstić information content (AvgIpc) is 2.95. The van der Waals surface area contributed by atoms with Crippen LogP contribution in [-0.2, 0) is 9.78 Å². The zero-order valence-corrected chi connectivity index (χ0v) is 26.5. The molecule has 0 aromatic heterocycles. The first-order valence-electron chi connectivity index (χ1n) is 17.7. The maximum absolute atomic E-state index is 9.43. The highest BCUT2D eigenvalue weighted by Gasteiger charge is 2.35. The summed E-state index contributed by atoms with van der Waals surface area (Å²) in [5, 5.41) is 18.0. The van der Waals surface area contributed by atoms with Crippen molar-refractivity contribution >= 4 is 0 Å². The molecular weight excluding hydrogens is 496 g/mol. The van der Waals surface area contributed by atoms with Gasteiger partial charge in [0.25, 0.3) is 0 Å². The summed E-state index contributed by atoms with van der Waals surface area (Å²) >= 11 is 0. The molecule has 2 aliphatic carbocycles.